The van der Waals surface area contributed by atoms with Gasteiger partial charge in [0, 0.05) is 12.6 Å². The highest BCUT2D eigenvalue weighted by Gasteiger charge is 2.11. The van der Waals surface area contributed by atoms with Gasteiger partial charge in [-0.25, -0.2) is 9.59 Å². The van der Waals surface area contributed by atoms with Gasteiger partial charge in [0.15, 0.2) is 0 Å². The topological polar surface area (TPSA) is 119 Å². The Bertz CT molecular complexity index is 664. The number of nitrogens with one attached hydrogen (secondary N) is 1. The zero-order valence-corrected chi connectivity index (χ0v) is 19.8. The van der Waals surface area contributed by atoms with Gasteiger partial charge in [-0.1, -0.05) is 26.0 Å². The van der Waals surface area contributed by atoms with Gasteiger partial charge in [0.25, 0.3) is 0 Å². The molecule has 0 heterocycles. The number of aryl methyl sites for hydroxylation is 2. The van der Waals surface area contributed by atoms with Crippen molar-refractivity contribution < 1.29 is 29.6 Å². The van der Waals surface area contributed by atoms with E-state index in [1.54, 1.807) is 0 Å². The molecule has 0 aliphatic rings. The summed E-state index contributed by atoms with van der Waals surface area (Å²) in [5.41, 5.74) is 3.49. The van der Waals surface area contributed by atoms with E-state index < -0.39 is 18.0 Å². The Morgan fingerprint density at radius 2 is 1.61 bits per heavy atom. The van der Waals surface area contributed by atoms with Crippen LogP contribution < -0.4 is 10.1 Å². The van der Waals surface area contributed by atoms with Crippen LogP contribution in [0.2, 0.25) is 0 Å². The molecule has 1 aromatic rings. The van der Waals surface area contributed by atoms with Crippen molar-refractivity contribution >= 4 is 11.9 Å². The van der Waals surface area contributed by atoms with Crippen LogP contribution >= 0.6 is 0 Å². The maximum absolute atomic E-state index is 10.2. The molecular weight excluding hydrogens is 400 g/mol. The number of rotatable bonds is 12. The number of benzene rings is 1. The van der Waals surface area contributed by atoms with Crippen LogP contribution in [0.4, 0.5) is 0 Å². The number of aliphatic hydroxyl groups is 1. The predicted molar refractivity (Wildman–Crippen MR) is 122 cm³/mol. The molecule has 178 valence electrons. The van der Waals surface area contributed by atoms with Gasteiger partial charge in [-0.05, 0) is 76.9 Å². The Hall–Kier alpha value is -2.16. The van der Waals surface area contributed by atoms with E-state index in [4.69, 9.17) is 24.5 Å². The third kappa shape index (κ3) is 12.3. The Kier molecular flexibility index (Phi) is 14.5. The first-order valence-electron chi connectivity index (χ1n) is 10.8. The van der Waals surface area contributed by atoms with E-state index >= 15 is 0 Å². The summed E-state index contributed by atoms with van der Waals surface area (Å²) in [5, 5.41) is 28.4. The number of ether oxygens (including phenoxy) is 1. The summed E-state index contributed by atoms with van der Waals surface area (Å²) in [6.07, 6.45) is 1.81. The zero-order valence-electron chi connectivity index (χ0n) is 19.8. The van der Waals surface area contributed by atoms with Crippen molar-refractivity contribution in [3.05, 3.63) is 28.8 Å². The number of hydrogen-bond acceptors (Lipinski definition) is 6. The third-order valence-electron chi connectivity index (χ3n) is 5.18. The smallest absolute Gasteiger partial charge is 0.414 e. The minimum Gasteiger partial charge on any atom is -0.490 e. The predicted octanol–water partition coefficient (Wildman–Crippen LogP) is 2.61. The first kappa shape index (κ1) is 28.8. The van der Waals surface area contributed by atoms with Crippen molar-refractivity contribution in [2.45, 2.75) is 66.5 Å². The van der Waals surface area contributed by atoms with Gasteiger partial charge in [0.05, 0.1) is 0 Å². The number of aliphatic hydroxyl groups excluding tert-OH is 1. The summed E-state index contributed by atoms with van der Waals surface area (Å²) in [6.45, 7) is 17.1. The van der Waals surface area contributed by atoms with Gasteiger partial charge < -0.3 is 30.3 Å². The molecule has 0 amide bonds. The lowest BCUT2D eigenvalue weighted by Gasteiger charge is -2.21. The number of aliphatic carboxylic acids is 2. The van der Waals surface area contributed by atoms with E-state index in [-0.39, 0.29) is 0 Å². The number of carbonyl (C=O) groups is 2. The van der Waals surface area contributed by atoms with Crippen molar-refractivity contribution in [3.63, 3.8) is 0 Å². The van der Waals surface area contributed by atoms with Crippen LogP contribution in [0.3, 0.4) is 0 Å². The van der Waals surface area contributed by atoms with Crippen LogP contribution in [-0.2, 0) is 9.59 Å². The normalized spacial score (nSPS) is 12.6. The van der Waals surface area contributed by atoms with Crippen molar-refractivity contribution in [1.82, 2.24) is 10.2 Å². The highest BCUT2D eigenvalue weighted by Crippen LogP contribution is 2.25. The van der Waals surface area contributed by atoms with E-state index in [1.807, 2.05) is 6.92 Å². The highest BCUT2D eigenvalue weighted by molar-refractivity contribution is 6.27. The van der Waals surface area contributed by atoms with Crippen LogP contribution in [0.15, 0.2) is 12.1 Å². The number of nitrogens with zero attached hydrogens (tertiary/aromatic N) is 1. The molecule has 0 radical (unpaired) electrons. The van der Waals surface area contributed by atoms with E-state index in [9.17, 15) is 5.11 Å². The first-order valence-corrected chi connectivity index (χ1v) is 10.8. The molecule has 8 heteroatoms. The van der Waals surface area contributed by atoms with Crippen LogP contribution in [-0.4, -0.2) is 77.1 Å². The second-order valence-corrected chi connectivity index (χ2v) is 7.71. The Morgan fingerprint density at radius 1 is 1.06 bits per heavy atom. The lowest BCUT2D eigenvalue weighted by atomic mass is 10.1. The lowest BCUT2D eigenvalue weighted by molar-refractivity contribution is -0.159. The second kappa shape index (κ2) is 15.6. The summed E-state index contributed by atoms with van der Waals surface area (Å²) >= 11 is 0. The maximum atomic E-state index is 10.2. The molecule has 31 heavy (non-hydrogen) atoms. The quantitative estimate of drug-likeness (QED) is 0.366. The molecule has 1 rings (SSSR count). The maximum Gasteiger partial charge on any atom is 0.414 e. The van der Waals surface area contributed by atoms with Crippen molar-refractivity contribution in [1.29, 1.82) is 0 Å². The van der Waals surface area contributed by atoms with Crippen LogP contribution in [0, 0.1) is 20.8 Å². The molecule has 0 aliphatic heterocycles. The summed E-state index contributed by atoms with van der Waals surface area (Å²) in [4.78, 5) is 20.6. The van der Waals surface area contributed by atoms with Gasteiger partial charge in [0.2, 0.25) is 0 Å². The van der Waals surface area contributed by atoms with Gasteiger partial charge in [-0.2, -0.15) is 0 Å². The molecule has 0 spiro atoms. The molecule has 0 saturated heterocycles. The average Bonchev–Trinajstić information content (AvgIpc) is 2.72. The fraction of sp³-hybridized carbons (Fsp3) is 0.652. The van der Waals surface area contributed by atoms with E-state index in [0.29, 0.717) is 19.2 Å². The summed E-state index contributed by atoms with van der Waals surface area (Å²) in [7, 11) is 0. The molecule has 0 saturated carbocycles. The fourth-order valence-corrected chi connectivity index (χ4v) is 2.99. The van der Waals surface area contributed by atoms with Gasteiger partial charge in [-0.15, -0.1) is 0 Å². The van der Waals surface area contributed by atoms with E-state index in [1.165, 1.54) is 12.0 Å². The van der Waals surface area contributed by atoms with E-state index in [0.717, 1.165) is 42.9 Å². The average molecular weight is 441 g/mol. The van der Waals surface area contributed by atoms with Crippen LogP contribution in [0.1, 0.15) is 50.3 Å². The first-order chi connectivity index (χ1) is 14.5. The molecule has 8 nitrogen and oxygen atoms in total. The van der Waals surface area contributed by atoms with Crippen molar-refractivity contribution in [2.24, 2.45) is 0 Å². The molecule has 1 aromatic carbocycles. The monoisotopic (exact) mass is 440 g/mol. The number of carboxylic acids is 2. The van der Waals surface area contributed by atoms with Crippen molar-refractivity contribution in [3.8, 4) is 5.75 Å². The third-order valence-corrected chi connectivity index (χ3v) is 5.18. The van der Waals surface area contributed by atoms with Crippen LogP contribution in [0.5, 0.6) is 5.75 Å². The largest absolute Gasteiger partial charge is 0.490 e. The highest BCUT2D eigenvalue weighted by atomic mass is 16.5. The standard InChI is InChI=1S/C21H38N2O2.C2H2O4/c1-7-23(8-2)13-9-10-18(5)22-14-20(24)15-25-21-17(4)12-11-16(3)19(21)6;3-1(4)2(5)6/h11-12,18,20,22,24H,7-10,13-15H2,1-6H3;(H,3,4)(H,5,6). The Morgan fingerprint density at radius 3 is 2.13 bits per heavy atom. The Balaban J connectivity index is 0.00000131. The molecule has 4 N–H and O–H groups in total. The number of carboxylic acid groups (broad SMARTS) is 2. The summed E-state index contributed by atoms with van der Waals surface area (Å²) < 4.78 is 5.89. The van der Waals surface area contributed by atoms with Crippen molar-refractivity contribution in [2.75, 3.05) is 32.8 Å². The fourth-order valence-electron chi connectivity index (χ4n) is 2.99. The van der Waals surface area contributed by atoms with Gasteiger partial charge in [0.1, 0.15) is 18.5 Å². The molecule has 0 fully saturated rings. The molecule has 0 bridgehead atoms. The minimum atomic E-state index is -1.82. The minimum absolute atomic E-state index is 0.324. The van der Waals surface area contributed by atoms with Gasteiger partial charge in [-0.3, -0.25) is 0 Å². The molecule has 0 aromatic heterocycles. The molecule has 0 aliphatic carbocycles. The zero-order chi connectivity index (χ0) is 24.0. The molecule has 2 atom stereocenters. The SMILES string of the molecule is CCN(CC)CCCC(C)NCC(O)COc1c(C)ccc(C)c1C.O=C(O)C(=O)O. The van der Waals surface area contributed by atoms with E-state index in [2.05, 4.69) is 57.0 Å². The molecule has 2 unspecified atom stereocenters. The summed E-state index contributed by atoms with van der Waals surface area (Å²) in [5.74, 6) is -2.74. The van der Waals surface area contributed by atoms with Crippen LogP contribution in [0.25, 0.3) is 0 Å². The number of hydrogen-bond donors (Lipinski definition) is 4. The second-order valence-electron chi connectivity index (χ2n) is 7.71. The lowest BCUT2D eigenvalue weighted by Crippen LogP contribution is -2.37. The molecular formula is C23H40N2O6. The Labute approximate surface area is 186 Å². The summed E-state index contributed by atoms with van der Waals surface area (Å²) in [6, 6.07) is 4.59. The van der Waals surface area contributed by atoms with Gasteiger partial charge >= 0.3 is 11.9 Å².